The molecular formula is C16H22N4. The van der Waals surface area contributed by atoms with Crippen molar-refractivity contribution in [2.45, 2.75) is 19.4 Å². The minimum absolute atomic E-state index is 0.201. The smallest absolute Gasteiger partial charge is 0.0695 e. The summed E-state index contributed by atoms with van der Waals surface area (Å²) in [5.74, 6) is 0.649. The molecule has 0 saturated heterocycles. The normalized spacial score (nSPS) is 19.8. The summed E-state index contributed by atoms with van der Waals surface area (Å²) in [6.07, 6.45) is 5.15. The van der Waals surface area contributed by atoms with Crippen LogP contribution in [-0.4, -0.2) is 22.9 Å². The van der Waals surface area contributed by atoms with Crippen LogP contribution in [0.5, 0.6) is 0 Å². The molecule has 2 unspecified atom stereocenters. The monoisotopic (exact) mass is 270 g/mol. The van der Waals surface area contributed by atoms with Crippen molar-refractivity contribution in [2.75, 3.05) is 18.0 Å². The van der Waals surface area contributed by atoms with Crippen molar-refractivity contribution in [3.05, 3.63) is 47.8 Å². The number of benzene rings is 1. The van der Waals surface area contributed by atoms with E-state index >= 15 is 0 Å². The standard InChI is InChI=1S/C16H22N4/c1-12-7-13-5-3-4-6-15(13)20(10-12)16(8-17)14-9-18-19(2)11-14/h3-6,9,11-12,16H,7-8,10,17H2,1-2H3. The summed E-state index contributed by atoms with van der Waals surface area (Å²) in [6.45, 7) is 3.96. The van der Waals surface area contributed by atoms with Crippen LogP contribution in [0.1, 0.15) is 24.1 Å². The maximum absolute atomic E-state index is 6.07. The van der Waals surface area contributed by atoms with Crippen LogP contribution in [0.3, 0.4) is 0 Å². The third-order valence-electron chi connectivity index (χ3n) is 4.09. The highest BCUT2D eigenvalue weighted by Gasteiger charge is 2.28. The van der Waals surface area contributed by atoms with E-state index in [1.165, 1.54) is 16.8 Å². The molecule has 1 aromatic carbocycles. The van der Waals surface area contributed by atoms with Crippen molar-refractivity contribution in [3.8, 4) is 0 Å². The van der Waals surface area contributed by atoms with E-state index in [-0.39, 0.29) is 6.04 Å². The molecule has 0 spiro atoms. The van der Waals surface area contributed by atoms with E-state index in [0.717, 1.165) is 13.0 Å². The maximum Gasteiger partial charge on any atom is 0.0695 e. The lowest BCUT2D eigenvalue weighted by atomic mass is 9.92. The molecule has 3 rings (SSSR count). The lowest BCUT2D eigenvalue weighted by molar-refractivity contribution is 0.490. The van der Waals surface area contributed by atoms with Gasteiger partial charge < -0.3 is 10.6 Å². The Balaban J connectivity index is 1.99. The Hall–Kier alpha value is -1.81. The molecule has 0 radical (unpaired) electrons. The molecular weight excluding hydrogens is 248 g/mol. The highest BCUT2D eigenvalue weighted by Crippen LogP contribution is 2.35. The molecule has 0 fully saturated rings. The van der Waals surface area contributed by atoms with Gasteiger partial charge in [-0.1, -0.05) is 25.1 Å². The lowest BCUT2D eigenvalue weighted by Gasteiger charge is -2.39. The number of aromatic nitrogens is 2. The van der Waals surface area contributed by atoms with Gasteiger partial charge in [0, 0.05) is 37.6 Å². The lowest BCUT2D eigenvalue weighted by Crippen LogP contribution is -2.40. The summed E-state index contributed by atoms with van der Waals surface area (Å²) < 4.78 is 1.84. The van der Waals surface area contributed by atoms with Crippen molar-refractivity contribution in [3.63, 3.8) is 0 Å². The first-order valence-electron chi connectivity index (χ1n) is 7.22. The predicted molar refractivity (Wildman–Crippen MR) is 81.7 cm³/mol. The number of aryl methyl sites for hydroxylation is 1. The molecule has 0 aliphatic carbocycles. The average molecular weight is 270 g/mol. The van der Waals surface area contributed by atoms with Gasteiger partial charge in [-0.2, -0.15) is 5.10 Å². The van der Waals surface area contributed by atoms with E-state index in [9.17, 15) is 0 Å². The molecule has 0 amide bonds. The summed E-state index contributed by atoms with van der Waals surface area (Å²) in [4.78, 5) is 2.44. The van der Waals surface area contributed by atoms with Gasteiger partial charge in [0.15, 0.2) is 0 Å². The van der Waals surface area contributed by atoms with Gasteiger partial charge in [0.1, 0.15) is 0 Å². The number of nitrogens with two attached hydrogens (primary N) is 1. The van der Waals surface area contributed by atoms with Crippen LogP contribution in [0, 0.1) is 5.92 Å². The van der Waals surface area contributed by atoms with Crippen molar-refractivity contribution in [1.82, 2.24) is 9.78 Å². The molecule has 106 valence electrons. The minimum atomic E-state index is 0.201. The second-order valence-corrected chi connectivity index (χ2v) is 5.79. The average Bonchev–Trinajstić information content (AvgIpc) is 2.86. The van der Waals surface area contributed by atoms with Crippen molar-refractivity contribution in [1.29, 1.82) is 0 Å². The SMILES string of the molecule is CC1Cc2ccccc2N(C(CN)c2cnn(C)c2)C1. The number of anilines is 1. The summed E-state index contributed by atoms with van der Waals surface area (Å²) in [6, 6.07) is 8.87. The first-order chi connectivity index (χ1) is 9.69. The zero-order chi connectivity index (χ0) is 14.1. The van der Waals surface area contributed by atoms with Crippen LogP contribution >= 0.6 is 0 Å². The Labute approximate surface area is 120 Å². The summed E-state index contributed by atoms with van der Waals surface area (Å²) >= 11 is 0. The van der Waals surface area contributed by atoms with Crippen LogP contribution in [-0.2, 0) is 13.5 Å². The molecule has 2 N–H and O–H groups in total. The highest BCUT2D eigenvalue weighted by molar-refractivity contribution is 5.57. The molecule has 1 aromatic heterocycles. The zero-order valence-corrected chi connectivity index (χ0v) is 12.2. The van der Waals surface area contributed by atoms with Crippen molar-refractivity contribution < 1.29 is 0 Å². The number of hydrogen-bond acceptors (Lipinski definition) is 3. The van der Waals surface area contributed by atoms with Gasteiger partial charge in [-0.3, -0.25) is 4.68 Å². The number of rotatable bonds is 3. The molecule has 4 heteroatoms. The molecule has 1 aliphatic rings. The second-order valence-electron chi connectivity index (χ2n) is 5.79. The van der Waals surface area contributed by atoms with Crippen LogP contribution < -0.4 is 10.6 Å². The first-order valence-corrected chi connectivity index (χ1v) is 7.22. The zero-order valence-electron chi connectivity index (χ0n) is 12.2. The summed E-state index contributed by atoms with van der Waals surface area (Å²) in [5.41, 5.74) is 10.0. The van der Waals surface area contributed by atoms with Gasteiger partial charge in [-0.15, -0.1) is 0 Å². The van der Waals surface area contributed by atoms with E-state index < -0.39 is 0 Å². The second kappa shape index (κ2) is 5.29. The fraction of sp³-hybridized carbons (Fsp3) is 0.438. The number of hydrogen-bond donors (Lipinski definition) is 1. The van der Waals surface area contributed by atoms with Crippen LogP contribution in [0.4, 0.5) is 5.69 Å². The Morgan fingerprint density at radius 2 is 2.20 bits per heavy atom. The number of nitrogens with zero attached hydrogens (tertiary/aromatic N) is 3. The van der Waals surface area contributed by atoms with Crippen LogP contribution in [0.15, 0.2) is 36.7 Å². The molecule has 2 heterocycles. The van der Waals surface area contributed by atoms with Crippen molar-refractivity contribution >= 4 is 5.69 Å². The Kier molecular flexibility index (Phi) is 3.49. The van der Waals surface area contributed by atoms with Crippen LogP contribution in [0.25, 0.3) is 0 Å². The predicted octanol–water partition coefficient (Wildman–Crippen LogP) is 2.12. The van der Waals surface area contributed by atoms with Crippen LogP contribution in [0.2, 0.25) is 0 Å². The number of fused-ring (bicyclic) bond motifs is 1. The largest absolute Gasteiger partial charge is 0.363 e. The Morgan fingerprint density at radius 3 is 2.90 bits per heavy atom. The maximum atomic E-state index is 6.07. The molecule has 1 aliphatic heterocycles. The third kappa shape index (κ3) is 2.31. The minimum Gasteiger partial charge on any atom is -0.363 e. The van der Waals surface area contributed by atoms with E-state index in [1.54, 1.807) is 0 Å². The van der Waals surface area contributed by atoms with E-state index in [2.05, 4.69) is 47.4 Å². The van der Waals surface area contributed by atoms with Gasteiger partial charge in [0.05, 0.1) is 12.2 Å². The third-order valence-corrected chi connectivity index (χ3v) is 4.09. The van der Waals surface area contributed by atoms with E-state index in [4.69, 9.17) is 5.73 Å². The molecule has 2 atom stereocenters. The first kappa shape index (κ1) is 13.2. The van der Waals surface area contributed by atoms with Gasteiger partial charge in [-0.05, 0) is 24.0 Å². The molecule has 0 saturated carbocycles. The fourth-order valence-corrected chi connectivity index (χ4v) is 3.19. The quantitative estimate of drug-likeness (QED) is 0.929. The van der Waals surface area contributed by atoms with E-state index in [0.29, 0.717) is 12.5 Å². The summed E-state index contributed by atoms with van der Waals surface area (Å²) in [7, 11) is 1.95. The van der Waals surface area contributed by atoms with Gasteiger partial charge in [-0.25, -0.2) is 0 Å². The number of para-hydroxylation sites is 1. The molecule has 20 heavy (non-hydrogen) atoms. The Morgan fingerprint density at radius 1 is 1.40 bits per heavy atom. The molecule has 4 nitrogen and oxygen atoms in total. The summed E-state index contributed by atoms with van der Waals surface area (Å²) in [5, 5.41) is 4.29. The van der Waals surface area contributed by atoms with E-state index in [1.807, 2.05) is 17.9 Å². The fourth-order valence-electron chi connectivity index (χ4n) is 3.19. The van der Waals surface area contributed by atoms with Gasteiger partial charge in [0.2, 0.25) is 0 Å². The van der Waals surface area contributed by atoms with Gasteiger partial charge in [0.25, 0.3) is 0 Å². The highest BCUT2D eigenvalue weighted by atomic mass is 15.3. The van der Waals surface area contributed by atoms with Crippen molar-refractivity contribution in [2.24, 2.45) is 18.7 Å². The Bertz CT molecular complexity index is 590. The molecule has 0 bridgehead atoms. The topological polar surface area (TPSA) is 47.1 Å². The van der Waals surface area contributed by atoms with Gasteiger partial charge >= 0.3 is 0 Å². The molecule has 2 aromatic rings.